The minimum Gasteiger partial charge on any atom is -0.497 e. The van der Waals surface area contributed by atoms with Crippen molar-refractivity contribution in [2.45, 2.75) is 76.5 Å². The molecule has 0 saturated carbocycles. The van der Waals surface area contributed by atoms with Crippen LogP contribution >= 0.6 is 0 Å². The average molecular weight is 1030 g/mol. The highest BCUT2D eigenvalue weighted by Gasteiger charge is 2.44. The zero-order chi connectivity index (χ0) is 53.3. The van der Waals surface area contributed by atoms with Gasteiger partial charge in [-0.3, -0.25) is 9.69 Å². The summed E-state index contributed by atoms with van der Waals surface area (Å²) >= 11 is 0. The van der Waals surface area contributed by atoms with E-state index >= 15 is 0 Å². The molecule has 1 aromatic heterocycles. The first-order chi connectivity index (χ1) is 35.3. The summed E-state index contributed by atoms with van der Waals surface area (Å²) < 4.78 is 104. The highest BCUT2D eigenvalue weighted by atomic mass is 19.2. The number of rotatable bonds is 18. The van der Waals surface area contributed by atoms with E-state index in [1.807, 2.05) is 30.3 Å². The Balaban J connectivity index is 1.04. The molecule has 388 valence electrons. The Kier molecular flexibility index (Phi) is 16.8. The lowest BCUT2D eigenvalue weighted by Gasteiger charge is -2.28. The van der Waals surface area contributed by atoms with Crippen LogP contribution in [0.15, 0.2) is 109 Å². The van der Waals surface area contributed by atoms with Gasteiger partial charge in [0.15, 0.2) is 0 Å². The number of likely N-dealkylation sites (tertiary alicyclic amines) is 1. The number of benzene rings is 5. The van der Waals surface area contributed by atoms with Gasteiger partial charge in [0.25, 0.3) is 0 Å². The van der Waals surface area contributed by atoms with Crippen LogP contribution in [0, 0.1) is 29.1 Å². The first-order valence-electron chi connectivity index (χ1n) is 22.9. The normalized spacial score (nSPS) is 15.1. The van der Waals surface area contributed by atoms with Crippen molar-refractivity contribution in [2.24, 2.45) is 0 Å². The highest BCUT2D eigenvalue weighted by Crippen LogP contribution is 2.35. The van der Waals surface area contributed by atoms with E-state index in [1.54, 1.807) is 75.4 Å². The molecule has 0 radical (unpaired) electrons. The third kappa shape index (κ3) is 13.3. The molecule has 3 amide bonds. The van der Waals surface area contributed by atoms with Gasteiger partial charge in [0.1, 0.15) is 53.7 Å². The van der Waals surface area contributed by atoms with Gasteiger partial charge in [0.2, 0.25) is 40.7 Å². The fraction of sp³-hybridized carbons (Fsp3) is 0.283. The minimum absolute atomic E-state index is 0.0585. The number of carbonyl (C=O) groups excluding carboxylic acids is 4. The van der Waals surface area contributed by atoms with Gasteiger partial charge in [-0.25, -0.2) is 37.3 Å². The summed E-state index contributed by atoms with van der Waals surface area (Å²) in [6.45, 7) is 4.26. The molecule has 6 aromatic rings. The Morgan fingerprint density at radius 3 is 2.09 bits per heavy atom. The first-order valence-corrected chi connectivity index (χ1v) is 22.9. The topological polar surface area (TPSA) is 201 Å². The maximum absolute atomic E-state index is 14.5. The number of halogens is 5. The molecule has 1 saturated heterocycles. The Bertz CT molecular complexity index is 3010. The zero-order valence-corrected chi connectivity index (χ0v) is 40.2. The van der Waals surface area contributed by atoms with Crippen LogP contribution in [0.25, 0.3) is 22.2 Å². The quantitative estimate of drug-likeness (QED) is 0.0243. The van der Waals surface area contributed by atoms with E-state index in [9.17, 15) is 51.0 Å². The van der Waals surface area contributed by atoms with Gasteiger partial charge in [-0.2, -0.15) is 8.78 Å². The van der Waals surface area contributed by atoms with Crippen molar-refractivity contribution in [3.05, 3.63) is 149 Å². The number of hydrogen-bond donors (Lipinski definition) is 3. The number of ether oxygens (including phenoxy) is 6. The molecule has 21 heteroatoms. The number of nitrogens with zero attached hydrogens (tertiary/aromatic N) is 2. The van der Waals surface area contributed by atoms with Crippen LogP contribution in [0.1, 0.15) is 44.7 Å². The average Bonchev–Trinajstić information content (AvgIpc) is 3.81. The molecule has 1 aliphatic rings. The Morgan fingerprint density at radius 2 is 1.43 bits per heavy atom. The molecule has 16 nitrogen and oxygen atoms in total. The summed E-state index contributed by atoms with van der Waals surface area (Å²) in [6.07, 6.45) is -3.71. The standard InChI is InChI=1S/C53H49F5N4O12/c1-53(2,3)74-52(68)62-27-34(72-41-26-37(31-15-9-6-10-16-31)59-38-24-32(69-4)18-19-35(38)41)25-40(62)48(63)60-36(49(64)65)20-21-70-33-17-11-14-30(22-33)23-39(61-51(67)71-28-29-12-7-5-8-13-29)50(66)73-47-45(57)43(55)42(54)44(56)46(47)58/h5-19,22,24,26,34,36,39-40H,20-21,23,25,27-28H2,1-4H3,(H,60,63)(H,61,67)(H,64,65)/t34-,36-,39?,40?/m1/s1. The maximum atomic E-state index is 14.5. The van der Waals surface area contributed by atoms with Crippen molar-refractivity contribution in [3.63, 3.8) is 0 Å². The van der Waals surface area contributed by atoms with Gasteiger partial charge >= 0.3 is 24.1 Å². The number of aromatic nitrogens is 1. The number of esters is 1. The maximum Gasteiger partial charge on any atom is 0.411 e. The van der Waals surface area contributed by atoms with Crippen LogP contribution in [0.2, 0.25) is 0 Å². The number of carboxylic acids is 1. The summed E-state index contributed by atoms with van der Waals surface area (Å²) in [5, 5.41) is 15.6. The van der Waals surface area contributed by atoms with E-state index in [4.69, 9.17) is 28.7 Å². The molecule has 0 aliphatic carbocycles. The van der Waals surface area contributed by atoms with Crippen LogP contribution in [0.4, 0.5) is 31.5 Å². The fourth-order valence-electron chi connectivity index (χ4n) is 7.76. The SMILES string of the molecule is COc1ccc2c(O[C@@H]3CC(C(=O)N[C@H](CCOc4cccc(CC(NC(=O)OCc5ccccc5)C(=O)Oc5c(F)c(F)c(F)c(F)c5F)c4)C(=O)O)N(C(=O)OC(C)(C)C)C3)cc(-c3ccccc3)nc2c1. The van der Waals surface area contributed by atoms with Crippen LogP contribution < -0.4 is 29.6 Å². The largest absolute Gasteiger partial charge is 0.497 e. The second-order valence-corrected chi connectivity index (χ2v) is 17.8. The molecule has 7 rings (SSSR count). The summed E-state index contributed by atoms with van der Waals surface area (Å²) in [5.41, 5.74) is 1.74. The van der Waals surface area contributed by atoms with Gasteiger partial charge in [-0.15, -0.1) is 0 Å². The number of alkyl carbamates (subject to hydrolysis) is 1. The van der Waals surface area contributed by atoms with E-state index in [2.05, 4.69) is 15.4 Å². The van der Waals surface area contributed by atoms with E-state index in [0.29, 0.717) is 33.7 Å². The number of methoxy groups -OCH3 is 1. The van der Waals surface area contributed by atoms with Crippen molar-refractivity contribution in [2.75, 3.05) is 20.3 Å². The van der Waals surface area contributed by atoms with Crippen LogP contribution in [-0.4, -0.2) is 95.1 Å². The number of hydrogen-bond acceptors (Lipinski definition) is 12. The van der Waals surface area contributed by atoms with E-state index in [0.717, 1.165) is 5.56 Å². The Morgan fingerprint density at radius 1 is 0.770 bits per heavy atom. The minimum atomic E-state index is -2.48. The molecule has 3 N–H and O–H groups in total. The third-order valence-electron chi connectivity index (χ3n) is 11.3. The lowest BCUT2D eigenvalue weighted by molar-refractivity contribution is -0.142. The number of carboxylic acid groups (broad SMARTS) is 1. The summed E-state index contributed by atoms with van der Waals surface area (Å²) in [4.78, 5) is 72.5. The van der Waals surface area contributed by atoms with Gasteiger partial charge in [-0.05, 0) is 56.2 Å². The second-order valence-electron chi connectivity index (χ2n) is 17.8. The number of fused-ring (bicyclic) bond motifs is 1. The monoisotopic (exact) mass is 1030 g/mol. The Labute approximate surface area is 420 Å². The van der Waals surface area contributed by atoms with Gasteiger partial charge in [-0.1, -0.05) is 72.8 Å². The first kappa shape index (κ1) is 53.3. The number of aliphatic carboxylic acids is 1. The lowest BCUT2D eigenvalue weighted by atomic mass is 10.1. The molecule has 2 unspecified atom stereocenters. The molecular formula is C53H49F5N4O12. The molecule has 1 aliphatic heterocycles. The predicted molar refractivity (Wildman–Crippen MR) is 255 cm³/mol. The summed E-state index contributed by atoms with van der Waals surface area (Å²) in [6, 6.07) is 25.8. The fourth-order valence-corrected chi connectivity index (χ4v) is 7.76. The molecule has 0 spiro atoms. The molecule has 1 fully saturated rings. The van der Waals surface area contributed by atoms with Crippen molar-refractivity contribution >= 4 is 40.9 Å². The summed E-state index contributed by atoms with van der Waals surface area (Å²) in [7, 11) is 1.53. The lowest BCUT2D eigenvalue weighted by Crippen LogP contribution is -2.52. The number of carbonyl (C=O) groups is 5. The third-order valence-corrected chi connectivity index (χ3v) is 11.3. The predicted octanol–water partition coefficient (Wildman–Crippen LogP) is 8.84. The highest BCUT2D eigenvalue weighted by molar-refractivity contribution is 5.91. The zero-order valence-electron chi connectivity index (χ0n) is 40.2. The van der Waals surface area contributed by atoms with Gasteiger partial charge in [0.05, 0.1) is 31.5 Å². The van der Waals surface area contributed by atoms with Crippen molar-refractivity contribution in [3.8, 4) is 34.3 Å². The summed E-state index contributed by atoms with van der Waals surface area (Å²) in [5.74, 6) is -16.8. The molecular weight excluding hydrogens is 980 g/mol. The van der Waals surface area contributed by atoms with Crippen molar-refractivity contribution in [1.82, 2.24) is 20.5 Å². The van der Waals surface area contributed by atoms with Gasteiger partial charge < -0.3 is 44.2 Å². The molecule has 74 heavy (non-hydrogen) atoms. The molecule has 5 aromatic carbocycles. The smallest absolute Gasteiger partial charge is 0.411 e. The van der Waals surface area contributed by atoms with Crippen LogP contribution in [0.3, 0.4) is 0 Å². The number of pyridine rings is 1. The molecule has 2 heterocycles. The van der Waals surface area contributed by atoms with Crippen molar-refractivity contribution in [1.29, 1.82) is 0 Å². The number of amides is 3. The van der Waals surface area contributed by atoms with Crippen LogP contribution in [-0.2, 0) is 36.9 Å². The van der Waals surface area contributed by atoms with Gasteiger partial charge in [0, 0.05) is 42.3 Å². The van der Waals surface area contributed by atoms with E-state index in [-0.39, 0.29) is 43.9 Å². The van der Waals surface area contributed by atoms with E-state index in [1.165, 1.54) is 36.3 Å². The molecule has 4 atom stereocenters. The van der Waals surface area contributed by atoms with Crippen molar-refractivity contribution < 1.29 is 79.5 Å². The van der Waals surface area contributed by atoms with E-state index < -0.39 is 101 Å². The number of nitrogens with one attached hydrogen (secondary N) is 2. The second kappa shape index (κ2) is 23.4. The molecule has 0 bridgehead atoms. The Hall–Kier alpha value is -8.49. The van der Waals surface area contributed by atoms with Crippen LogP contribution in [0.5, 0.6) is 23.0 Å².